The molecule has 2 aromatic rings. The molecule has 0 aliphatic heterocycles. The van der Waals surface area contributed by atoms with Gasteiger partial charge in [-0.05, 0) is 73.5 Å². The minimum atomic E-state index is -0.353. The summed E-state index contributed by atoms with van der Waals surface area (Å²) >= 11 is 0. The van der Waals surface area contributed by atoms with Crippen LogP contribution >= 0.6 is 0 Å². The highest BCUT2D eigenvalue weighted by molar-refractivity contribution is 5.88. The van der Waals surface area contributed by atoms with E-state index in [1.807, 2.05) is 24.3 Å². The van der Waals surface area contributed by atoms with Gasteiger partial charge in [0.2, 0.25) is 0 Å². The SMILES string of the molecule is O=C(Nc1ccccn1)NC12CC3CC(C1)CC(c1ccc([N+](=O)[O-])cc1)(C3)C2. The van der Waals surface area contributed by atoms with Crippen molar-refractivity contribution in [2.45, 2.75) is 49.5 Å². The lowest BCUT2D eigenvalue weighted by molar-refractivity contribution is -0.384. The molecule has 6 rings (SSSR count). The van der Waals surface area contributed by atoms with E-state index in [0.29, 0.717) is 17.7 Å². The van der Waals surface area contributed by atoms with Crippen LogP contribution in [0.3, 0.4) is 0 Å². The molecular weight excluding hydrogens is 368 g/mol. The standard InChI is InChI=1S/C22H24N4O3/c27-20(24-19-3-1-2-8-23-19)25-22-12-15-9-16(13-22)11-21(10-15,14-22)17-4-6-18(7-5-17)26(28)29/h1-8,15-16H,9-14H2,(H2,23,24,25,27). The van der Waals surface area contributed by atoms with Crippen molar-refractivity contribution in [2.24, 2.45) is 11.8 Å². The molecule has 4 fully saturated rings. The Morgan fingerprint density at radius 3 is 2.41 bits per heavy atom. The third-order valence-electron chi connectivity index (χ3n) is 7.04. The van der Waals surface area contributed by atoms with Crippen molar-refractivity contribution >= 4 is 17.5 Å². The van der Waals surface area contributed by atoms with Crippen molar-refractivity contribution < 1.29 is 9.72 Å². The Morgan fingerprint density at radius 1 is 1.07 bits per heavy atom. The van der Waals surface area contributed by atoms with Gasteiger partial charge in [-0.2, -0.15) is 0 Å². The molecule has 7 nitrogen and oxygen atoms in total. The van der Waals surface area contributed by atoms with E-state index in [2.05, 4.69) is 15.6 Å². The van der Waals surface area contributed by atoms with E-state index in [0.717, 1.165) is 32.1 Å². The molecule has 2 amide bonds. The van der Waals surface area contributed by atoms with E-state index in [9.17, 15) is 14.9 Å². The Morgan fingerprint density at radius 2 is 1.79 bits per heavy atom. The smallest absolute Gasteiger partial charge is 0.320 e. The monoisotopic (exact) mass is 392 g/mol. The maximum absolute atomic E-state index is 12.7. The van der Waals surface area contributed by atoms with Gasteiger partial charge >= 0.3 is 6.03 Å². The predicted molar refractivity (Wildman–Crippen MR) is 109 cm³/mol. The molecule has 1 heterocycles. The van der Waals surface area contributed by atoms with Gasteiger partial charge in [0, 0.05) is 23.9 Å². The molecule has 4 aliphatic rings. The number of rotatable bonds is 4. The summed E-state index contributed by atoms with van der Waals surface area (Å²) < 4.78 is 0. The highest BCUT2D eigenvalue weighted by Gasteiger charge is 2.58. The molecule has 0 radical (unpaired) electrons. The maximum atomic E-state index is 12.7. The van der Waals surface area contributed by atoms with Crippen molar-refractivity contribution in [1.82, 2.24) is 10.3 Å². The van der Waals surface area contributed by atoms with Crippen LogP contribution in [0.2, 0.25) is 0 Å². The van der Waals surface area contributed by atoms with Gasteiger partial charge in [-0.3, -0.25) is 15.4 Å². The zero-order valence-corrected chi connectivity index (χ0v) is 16.1. The fourth-order valence-electron chi connectivity index (χ4n) is 6.51. The van der Waals surface area contributed by atoms with Crippen molar-refractivity contribution in [1.29, 1.82) is 0 Å². The number of non-ortho nitro benzene ring substituents is 1. The number of nitro groups is 1. The van der Waals surface area contributed by atoms with E-state index in [1.165, 1.54) is 12.0 Å². The summed E-state index contributed by atoms with van der Waals surface area (Å²) in [5.41, 5.74) is 1.08. The third-order valence-corrected chi connectivity index (χ3v) is 7.04. The maximum Gasteiger partial charge on any atom is 0.320 e. The molecule has 29 heavy (non-hydrogen) atoms. The summed E-state index contributed by atoms with van der Waals surface area (Å²) in [6.45, 7) is 0. The number of anilines is 1. The normalized spacial score (nSPS) is 32.0. The summed E-state index contributed by atoms with van der Waals surface area (Å²) in [7, 11) is 0. The van der Waals surface area contributed by atoms with Gasteiger partial charge in [0.15, 0.2) is 0 Å². The van der Waals surface area contributed by atoms with Gasteiger partial charge in [-0.25, -0.2) is 9.78 Å². The summed E-state index contributed by atoms with van der Waals surface area (Å²) in [5, 5.41) is 17.2. The topological polar surface area (TPSA) is 97.2 Å². The van der Waals surface area contributed by atoms with E-state index < -0.39 is 0 Å². The fraction of sp³-hybridized carbons (Fsp3) is 0.455. The number of aromatic nitrogens is 1. The van der Waals surface area contributed by atoms with Crippen molar-refractivity contribution in [3.63, 3.8) is 0 Å². The third kappa shape index (κ3) is 3.24. The molecule has 1 aromatic heterocycles. The molecule has 150 valence electrons. The second-order valence-corrected chi connectivity index (χ2v) is 9.12. The van der Waals surface area contributed by atoms with E-state index in [-0.39, 0.29) is 27.6 Å². The van der Waals surface area contributed by atoms with Gasteiger partial charge in [0.05, 0.1) is 4.92 Å². The largest absolute Gasteiger partial charge is 0.332 e. The molecule has 4 aliphatic carbocycles. The number of nitrogens with one attached hydrogen (secondary N) is 2. The van der Waals surface area contributed by atoms with E-state index >= 15 is 0 Å². The molecule has 2 atom stereocenters. The highest BCUT2D eigenvalue weighted by atomic mass is 16.6. The Kier molecular flexibility index (Phi) is 4.08. The van der Waals surface area contributed by atoms with E-state index in [4.69, 9.17) is 0 Å². The number of hydrogen-bond donors (Lipinski definition) is 2. The van der Waals surface area contributed by atoms with Gasteiger partial charge in [0.1, 0.15) is 5.82 Å². The quantitative estimate of drug-likeness (QED) is 0.595. The summed E-state index contributed by atoms with van der Waals surface area (Å²) in [6.07, 6.45) is 7.99. The van der Waals surface area contributed by atoms with Gasteiger partial charge in [-0.15, -0.1) is 0 Å². The number of benzene rings is 1. The number of urea groups is 1. The zero-order chi connectivity index (χ0) is 20.1. The first-order chi connectivity index (χ1) is 14.0. The molecule has 2 unspecified atom stereocenters. The summed E-state index contributed by atoms with van der Waals surface area (Å²) in [5.74, 6) is 1.71. The lowest BCUT2D eigenvalue weighted by atomic mass is 9.45. The molecule has 0 saturated heterocycles. The molecule has 7 heteroatoms. The Bertz CT molecular complexity index is 930. The first-order valence-electron chi connectivity index (χ1n) is 10.2. The predicted octanol–water partition coefficient (Wildman–Crippen LogP) is 4.40. The van der Waals surface area contributed by atoms with Crippen LogP contribution in [0.5, 0.6) is 0 Å². The zero-order valence-electron chi connectivity index (χ0n) is 16.1. The minimum Gasteiger partial charge on any atom is -0.332 e. The van der Waals surface area contributed by atoms with Crippen LogP contribution < -0.4 is 10.6 Å². The second kappa shape index (κ2) is 6.54. The highest BCUT2D eigenvalue weighted by Crippen LogP contribution is 2.62. The number of hydrogen-bond acceptors (Lipinski definition) is 4. The molecular formula is C22H24N4O3. The number of pyridine rings is 1. The number of nitrogens with zero attached hydrogens (tertiary/aromatic N) is 2. The fourth-order valence-corrected chi connectivity index (χ4v) is 6.51. The second-order valence-electron chi connectivity index (χ2n) is 9.12. The average Bonchev–Trinajstić information content (AvgIpc) is 2.67. The van der Waals surface area contributed by atoms with Gasteiger partial charge in [-0.1, -0.05) is 18.2 Å². The van der Waals surface area contributed by atoms with Crippen molar-refractivity contribution in [2.75, 3.05) is 5.32 Å². The van der Waals surface area contributed by atoms with Crippen molar-refractivity contribution in [3.05, 3.63) is 64.3 Å². The molecule has 0 spiro atoms. The Balaban J connectivity index is 1.39. The number of nitro benzene ring substituents is 1. The van der Waals surface area contributed by atoms with Crippen LogP contribution in [0.15, 0.2) is 48.7 Å². The van der Waals surface area contributed by atoms with Crippen LogP contribution in [0.1, 0.15) is 44.1 Å². The molecule has 4 bridgehead atoms. The van der Waals surface area contributed by atoms with Crippen LogP contribution in [0.4, 0.5) is 16.3 Å². The van der Waals surface area contributed by atoms with Crippen LogP contribution in [0, 0.1) is 22.0 Å². The minimum absolute atomic E-state index is 0.00249. The lowest BCUT2D eigenvalue weighted by Crippen LogP contribution is -2.64. The Hall–Kier alpha value is -2.96. The van der Waals surface area contributed by atoms with Crippen LogP contribution in [-0.2, 0) is 5.41 Å². The van der Waals surface area contributed by atoms with Gasteiger partial charge < -0.3 is 5.32 Å². The number of carbonyl (C=O) groups excluding carboxylic acids is 1. The number of amides is 2. The van der Waals surface area contributed by atoms with E-state index in [1.54, 1.807) is 24.4 Å². The molecule has 4 saturated carbocycles. The lowest BCUT2D eigenvalue weighted by Gasteiger charge is -2.62. The van der Waals surface area contributed by atoms with Crippen molar-refractivity contribution in [3.8, 4) is 0 Å². The molecule has 1 aromatic carbocycles. The number of carbonyl (C=O) groups is 1. The summed E-state index contributed by atoms with van der Waals surface area (Å²) in [6, 6.07) is 12.3. The first kappa shape index (κ1) is 18.1. The average molecular weight is 392 g/mol. The summed E-state index contributed by atoms with van der Waals surface area (Å²) in [4.78, 5) is 27.6. The first-order valence-corrected chi connectivity index (χ1v) is 10.2. The van der Waals surface area contributed by atoms with Crippen LogP contribution in [-0.4, -0.2) is 21.5 Å². The van der Waals surface area contributed by atoms with Crippen LogP contribution in [0.25, 0.3) is 0 Å². The molecule has 2 N–H and O–H groups in total. The van der Waals surface area contributed by atoms with Gasteiger partial charge in [0.25, 0.3) is 5.69 Å². The Labute approximate surface area is 169 Å².